The summed E-state index contributed by atoms with van der Waals surface area (Å²) in [5, 5.41) is 4.81. The first-order chi connectivity index (χ1) is 22.2. The van der Waals surface area contributed by atoms with Crippen LogP contribution in [0, 0.1) is 0 Å². The number of benzene rings is 6. The zero-order valence-corrected chi connectivity index (χ0v) is 24.6. The Morgan fingerprint density at radius 3 is 1.96 bits per heavy atom. The second-order valence-electron chi connectivity index (χ2n) is 11.0. The molecule has 45 heavy (non-hydrogen) atoms. The van der Waals surface area contributed by atoms with E-state index < -0.39 is 0 Å². The highest BCUT2D eigenvalue weighted by Crippen LogP contribution is 2.39. The van der Waals surface area contributed by atoms with Crippen LogP contribution in [0.4, 0.5) is 0 Å². The molecule has 0 aliphatic heterocycles. The average Bonchev–Trinajstić information content (AvgIpc) is 3.63. The van der Waals surface area contributed by atoms with Crippen LogP contribution < -0.4 is 0 Å². The lowest BCUT2D eigenvalue weighted by molar-refractivity contribution is 0.669. The molecular formula is C39H23ClN4O. The molecule has 0 N–H and O–H groups in total. The highest BCUT2D eigenvalue weighted by atomic mass is 35.5. The number of nitrogens with zero attached hydrogens (tertiary/aromatic N) is 4. The number of furan rings is 1. The normalized spacial score (nSPS) is 11.7. The van der Waals surface area contributed by atoms with E-state index in [1.54, 1.807) is 0 Å². The van der Waals surface area contributed by atoms with E-state index in [0.29, 0.717) is 28.1 Å². The van der Waals surface area contributed by atoms with Gasteiger partial charge >= 0.3 is 0 Å². The van der Waals surface area contributed by atoms with Gasteiger partial charge in [0.1, 0.15) is 11.2 Å². The van der Waals surface area contributed by atoms with Gasteiger partial charge in [-0.3, -0.25) is 0 Å². The van der Waals surface area contributed by atoms with E-state index in [1.165, 1.54) is 5.39 Å². The Labute approximate surface area is 263 Å². The molecular weight excluding hydrogens is 576 g/mol. The molecule has 6 aromatic carbocycles. The monoisotopic (exact) mass is 598 g/mol. The number of para-hydroxylation sites is 3. The van der Waals surface area contributed by atoms with E-state index in [9.17, 15) is 0 Å². The third kappa shape index (κ3) is 4.20. The molecule has 5 nitrogen and oxygen atoms in total. The van der Waals surface area contributed by atoms with Gasteiger partial charge < -0.3 is 8.98 Å². The highest BCUT2D eigenvalue weighted by molar-refractivity contribution is 6.32. The summed E-state index contributed by atoms with van der Waals surface area (Å²) >= 11 is 6.66. The van der Waals surface area contributed by atoms with Crippen molar-refractivity contribution in [1.29, 1.82) is 0 Å². The smallest absolute Gasteiger partial charge is 0.164 e. The van der Waals surface area contributed by atoms with Crippen molar-refractivity contribution in [2.75, 3.05) is 0 Å². The Hall–Kier alpha value is -5.78. The van der Waals surface area contributed by atoms with Crippen LogP contribution in [0.2, 0.25) is 5.02 Å². The summed E-state index contributed by atoms with van der Waals surface area (Å²) in [6, 6.07) is 47.1. The molecule has 0 fully saturated rings. The Morgan fingerprint density at radius 2 is 1.13 bits per heavy atom. The van der Waals surface area contributed by atoms with E-state index >= 15 is 0 Å². The van der Waals surface area contributed by atoms with Gasteiger partial charge in [0, 0.05) is 55.0 Å². The summed E-state index contributed by atoms with van der Waals surface area (Å²) in [6.45, 7) is 0. The van der Waals surface area contributed by atoms with Gasteiger partial charge in [-0.05, 0) is 36.4 Å². The Bertz CT molecular complexity index is 2550. The number of fused-ring (bicyclic) bond motifs is 6. The molecule has 0 amide bonds. The Morgan fingerprint density at radius 1 is 0.489 bits per heavy atom. The summed E-state index contributed by atoms with van der Waals surface area (Å²) in [6.07, 6.45) is 0. The summed E-state index contributed by atoms with van der Waals surface area (Å²) in [5.41, 5.74) is 7.37. The van der Waals surface area contributed by atoms with Crippen molar-refractivity contribution in [1.82, 2.24) is 19.5 Å². The number of rotatable bonds is 4. The number of halogens is 1. The van der Waals surface area contributed by atoms with Crippen molar-refractivity contribution < 1.29 is 4.42 Å². The average molecular weight is 599 g/mol. The largest absolute Gasteiger partial charge is 0.456 e. The van der Waals surface area contributed by atoms with Crippen LogP contribution in [-0.2, 0) is 0 Å². The molecule has 3 heterocycles. The first-order valence-corrected chi connectivity index (χ1v) is 15.1. The van der Waals surface area contributed by atoms with Crippen LogP contribution >= 0.6 is 11.6 Å². The number of hydrogen-bond donors (Lipinski definition) is 0. The second-order valence-corrected chi connectivity index (χ2v) is 11.5. The van der Waals surface area contributed by atoms with Gasteiger partial charge in [-0.1, -0.05) is 109 Å². The molecule has 0 spiro atoms. The van der Waals surface area contributed by atoms with Crippen LogP contribution in [-0.4, -0.2) is 19.5 Å². The van der Waals surface area contributed by atoms with E-state index in [4.69, 9.17) is 31.0 Å². The van der Waals surface area contributed by atoms with Crippen LogP contribution in [0.25, 0.3) is 83.6 Å². The molecule has 0 bridgehead atoms. The molecule has 3 aromatic heterocycles. The van der Waals surface area contributed by atoms with Crippen molar-refractivity contribution in [2.24, 2.45) is 0 Å². The molecule has 0 saturated heterocycles. The van der Waals surface area contributed by atoms with Gasteiger partial charge in [0.2, 0.25) is 0 Å². The summed E-state index contributed by atoms with van der Waals surface area (Å²) in [5.74, 6) is 1.69. The van der Waals surface area contributed by atoms with Gasteiger partial charge in [0.15, 0.2) is 17.5 Å². The molecule has 6 heteroatoms. The molecule has 0 radical (unpaired) electrons. The SMILES string of the molecule is Clc1cc(-c2nc(-c3ccccc3)nc(-c3ccc4c5ccccc5n(-c5ccccc5)c4c3)n2)c2c(c1)oc1ccccc12. The first-order valence-electron chi connectivity index (χ1n) is 14.7. The van der Waals surface area contributed by atoms with Crippen LogP contribution in [0.1, 0.15) is 0 Å². The molecule has 9 aromatic rings. The minimum Gasteiger partial charge on any atom is -0.456 e. The van der Waals surface area contributed by atoms with Crippen LogP contribution in [0.5, 0.6) is 0 Å². The fraction of sp³-hybridized carbons (Fsp3) is 0. The lowest BCUT2D eigenvalue weighted by atomic mass is 10.0. The maximum atomic E-state index is 6.66. The van der Waals surface area contributed by atoms with Crippen LogP contribution in [0.3, 0.4) is 0 Å². The minimum absolute atomic E-state index is 0.529. The summed E-state index contributed by atoms with van der Waals surface area (Å²) < 4.78 is 8.50. The second kappa shape index (κ2) is 10.2. The van der Waals surface area contributed by atoms with Crippen molar-refractivity contribution in [3.8, 4) is 39.9 Å². The van der Waals surface area contributed by atoms with E-state index in [2.05, 4.69) is 77.4 Å². The topological polar surface area (TPSA) is 56.7 Å². The summed E-state index contributed by atoms with van der Waals surface area (Å²) in [7, 11) is 0. The highest BCUT2D eigenvalue weighted by Gasteiger charge is 2.20. The zero-order valence-electron chi connectivity index (χ0n) is 23.9. The quantitative estimate of drug-likeness (QED) is 0.202. The van der Waals surface area contributed by atoms with Crippen molar-refractivity contribution in [3.05, 3.63) is 145 Å². The number of aromatic nitrogens is 4. The molecule has 9 rings (SSSR count). The van der Waals surface area contributed by atoms with Gasteiger partial charge in [-0.15, -0.1) is 0 Å². The van der Waals surface area contributed by atoms with Crippen molar-refractivity contribution >= 4 is 55.3 Å². The third-order valence-corrected chi connectivity index (χ3v) is 8.52. The lowest BCUT2D eigenvalue weighted by Crippen LogP contribution is -2.01. The molecule has 0 atom stereocenters. The fourth-order valence-electron chi connectivity index (χ4n) is 6.30. The fourth-order valence-corrected chi connectivity index (χ4v) is 6.51. The third-order valence-electron chi connectivity index (χ3n) is 8.30. The van der Waals surface area contributed by atoms with Crippen molar-refractivity contribution in [3.63, 3.8) is 0 Å². The van der Waals surface area contributed by atoms with Gasteiger partial charge in [0.05, 0.1) is 11.0 Å². The molecule has 0 aliphatic carbocycles. The predicted octanol–water partition coefficient (Wildman–Crippen LogP) is 10.5. The number of hydrogen-bond acceptors (Lipinski definition) is 4. The van der Waals surface area contributed by atoms with E-state index in [-0.39, 0.29) is 0 Å². The lowest BCUT2D eigenvalue weighted by Gasteiger charge is -2.11. The predicted molar refractivity (Wildman–Crippen MR) is 183 cm³/mol. The molecule has 0 saturated carbocycles. The van der Waals surface area contributed by atoms with Gasteiger partial charge in [-0.25, -0.2) is 15.0 Å². The standard InChI is InChI=1S/C39H23ClN4O/c40-26-22-31(36-30-16-8-10-18-34(30)45-35(36)23-26)39-42-37(24-11-3-1-4-12-24)41-38(43-39)25-19-20-29-28-15-7-9-17-32(28)44(33(29)21-25)27-13-5-2-6-14-27/h1-23H. The zero-order chi connectivity index (χ0) is 29.9. The Balaban J connectivity index is 1.33. The van der Waals surface area contributed by atoms with E-state index in [0.717, 1.165) is 55.2 Å². The molecule has 0 unspecified atom stereocenters. The minimum atomic E-state index is 0.529. The molecule has 0 aliphatic rings. The van der Waals surface area contributed by atoms with Gasteiger partial charge in [-0.2, -0.15) is 0 Å². The van der Waals surface area contributed by atoms with Gasteiger partial charge in [0.25, 0.3) is 0 Å². The Kier molecular flexibility index (Phi) is 5.80. The maximum absolute atomic E-state index is 6.66. The van der Waals surface area contributed by atoms with Crippen LogP contribution in [0.15, 0.2) is 144 Å². The van der Waals surface area contributed by atoms with Crippen molar-refractivity contribution in [2.45, 2.75) is 0 Å². The van der Waals surface area contributed by atoms with E-state index in [1.807, 2.05) is 66.7 Å². The first kappa shape index (κ1) is 25.7. The molecule has 212 valence electrons. The summed E-state index contributed by atoms with van der Waals surface area (Å²) in [4.78, 5) is 15.1. The maximum Gasteiger partial charge on any atom is 0.164 e.